The molecule has 0 fully saturated rings. The molecule has 0 unspecified atom stereocenters. The summed E-state index contributed by atoms with van der Waals surface area (Å²) in [4.78, 5) is 10.5. The molecular weight excluding hydrogens is 232 g/mol. The lowest BCUT2D eigenvalue weighted by Gasteiger charge is -2.04. The molecule has 1 rings (SSSR count). The number of hydrogen-bond acceptors (Lipinski definition) is 3. The number of rotatable bonds is 4. The van der Waals surface area contributed by atoms with Crippen LogP contribution in [-0.2, 0) is 4.79 Å². The van der Waals surface area contributed by atoms with Crippen molar-refractivity contribution < 1.29 is 19.7 Å². The minimum absolute atomic E-state index is 0.0227. The van der Waals surface area contributed by atoms with Crippen LogP contribution >= 0.6 is 0 Å². The molecule has 0 bridgehead atoms. The maximum Gasteiger partial charge on any atom is 0.328 e. The molecule has 0 aliphatic rings. The minimum atomic E-state index is -1.02. The van der Waals surface area contributed by atoms with Crippen LogP contribution in [0.2, 0.25) is 0 Å². The van der Waals surface area contributed by atoms with Crippen molar-refractivity contribution in [2.45, 2.75) is 6.42 Å². The molecule has 4 heteroatoms. The zero-order valence-electron chi connectivity index (χ0n) is 10.0. The van der Waals surface area contributed by atoms with Crippen molar-refractivity contribution in [2.24, 2.45) is 0 Å². The molecule has 1 aromatic carbocycles. The van der Waals surface area contributed by atoms with Gasteiger partial charge in [-0.3, -0.25) is 0 Å². The maximum absolute atomic E-state index is 10.5. The van der Waals surface area contributed by atoms with Crippen LogP contribution in [0.1, 0.15) is 17.5 Å². The first-order valence-corrected chi connectivity index (χ1v) is 5.36. The summed E-state index contributed by atoms with van der Waals surface area (Å²) in [5.41, 5.74) is 1.39. The van der Waals surface area contributed by atoms with Crippen LogP contribution in [0, 0.1) is 11.8 Å². The van der Waals surface area contributed by atoms with E-state index in [2.05, 4.69) is 11.8 Å². The number of carbonyl (C=O) groups is 1. The van der Waals surface area contributed by atoms with Gasteiger partial charge in [-0.05, 0) is 24.3 Å². The fourth-order valence-corrected chi connectivity index (χ4v) is 1.32. The van der Waals surface area contributed by atoms with Gasteiger partial charge in [0.05, 0.1) is 13.7 Å². The molecule has 0 radical (unpaired) electrons. The Morgan fingerprint density at radius 3 is 2.89 bits per heavy atom. The van der Waals surface area contributed by atoms with E-state index >= 15 is 0 Å². The molecule has 0 heterocycles. The van der Waals surface area contributed by atoms with Crippen molar-refractivity contribution in [3.8, 4) is 17.6 Å². The van der Waals surface area contributed by atoms with Gasteiger partial charge in [0.25, 0.3) is 0 Å². The molecule has 0 aliphatic heterocycles. The number of carboxylic acid groups (broad SMARTS) is 1. The third kappa shape index (κ3) is 4.32. The quantitative estimate of drug-likeness (QED) is 0.624. The van der Waals surface area contributed by atoms with Crippen molar-refractivity contribution in [1.29, 1.82) is 0 Å². The van der Waals surface area contributed by atoms with Crippen molar-refractivity contribution in [3.05, 3.63) is 35.4 Å². The van der Waals surface area contributed by atoms with E-state index < -0.39 is 5.97 Å². The summed E-state index contributed by atoms with van der Waals surface area (Å²) >= 11 is 0. The Labute approximate surface area is 106 Å². The van der Waals surface area contributed by atoms with Gasteiger partial charge in [-0.25, -0.2) is 4.79 Å². The summed E-state index contributed by atoms with van der Waals surface area (Å²) in [6.07, 6.45) is 2.91. The lowest BCUT2D eigenvalue weighted by molar-refractivity contribution is -0.131. The third-order valence-electron chi connectivity index (χ3n) is 2.10. The van der Waals surface area contributed by atoms with Gasteiger partial charge in [-0.15, -0.1) is 0 Å². The van der Waals surface area contributed by atoms with Gasteiger partial charge < -0.3 is 14.9 Å². The number of benzene rings is 1. The Kier molecular flexibility index (Phi) is 5.49. The molecule has 0 amide bonds. The first-order chi connectivity index (χ1) is 8.67. The highest BCUT2D eigenvalue weighted by Gasteiger charge is 2.01. The molecular formula is C14H14O4. The molecule has 18 heavy (non-hydrogen) atoms. The first-order valence-electron chi connectivity index (χ1n) is 5.36. The van der Waals surface area contributed by atoms with Crippen LogP contribution in [0.5, 0.6) is 5.75 Å². The number of methoxy groups -OCH3 is 1. The molecule has 2 N–H and O–H groups in total. The van der Waals surface area contributed by atoms with Crippen molar-refractivity contribution in [3.63, 3.8) is 0 Å². The molecule has 0 saturated heterocycles. The van der Waals surface area contributed by atoms with E-state index in [9.17, 15) is 4.79 Å². The number of aliphatic carboxylic acids is 1. The molecule has 0 spiro atoms. The van der Waals surface area contributed by atoms with Gasteiger partial charge in [-0.2, -0.15) is 0 Å². The number of aliphatic hydroxyl groups is 1. The molecule has 1 aromatic rings. The Hall–Kier alpha value is -2.25. The van der Waals surface area contributed by atoms with Crippen LogP contribution in [0.4, 0.5) is 0 Å². The highest BCUT2D eigenvalue weighted by Crippen LogP contribution is 2.21. The number of aliphatic hydroxyl groups excluding tert-OH is 1. The van der Waals surface area contributed by atoms with Gasteiger partial charge in [-0.1, -0.05) is 11.8 Å². The molecule has 94 valence electrons. The molecule has 0 aromatic heterocycles. The topological polar surface area (TPSA) is 66.8 Å². The highest BCUT2D eigenvalue weighted by molar-refractivity contribution is 5.86. The average molecular weight is 246 g/mol. The van der Waals surface area contributed by atoms with Gasteiger partial charge in [0, 0.05) is 23.6 Å². The van der Waals surface area contributed by atoms with Gasteiger partial charge in [0.2, 0.25) is 0 Å². The molecule has 4 nitrogen and oxygen atoms in total. The molecule has 0 aliphatic carbocycles. The fraction of sp³-hybridized carbons (Fsp3) is 0.214. The maximum atomic E-state index is 10.5. The predicted molar refractivity (Wildman–Crippen MR) is 68.2 cm³/mol. The number of carboxylic acids is 1. The second-order valence-corrected chi connectivity index (χ2v) is 3.40. The highest BCUT2D eigenvalue weighted by atomic mass is 16.5. The number of hydrogen-bond donors (Lipinski definition) is 2. The average Bonchev–Trinajstić information content (AvgIpc) is 2.37. The Morgan fingerprint density at radius 1 is 1.50 bits per heavy atom. The summed E-state index contributed by atoms with van der Waals surface area (Å²) in [5.74, 6) is 5.24. The van der Waals surface area contributed by atoms with Crippen LogP contribution in [-0.4, -0.2) is 29.9 Å². The lowest BCUT2D eigenvalue weighted by Crippen LogP contribution is -1.90. The Balaban J connectivity index is 3.02. The fourth-order valence-electron chi connectivity index (χ4n) is 1.32. The first kappa shape index (κ1) is 13.8. The van der Waals surface area contributed by atoms with E-state index in [-0.39, 0.29) is 6.61 Å². The molecule has 0 atom stereocenters. The Morgan fingerprint density at radius 2 is 2.28 bits per heavy atom. The SMILES string of the molecule is COc1ccc(C#CCCO)cc1/C=C/C(=O)O. The zero-order valence-corrected chi connectivity index (χ0v) is 10.0. The van der Waals surface area contributed by atoms with Crippen molar-refractivity contribution in [1.82, 2.24) is 0 Å². The minimum Gasteiger partial charge on any atom is -0.496 e. The van der Waals surface area contributed by atoms with Crippen LogP contribution in [0.15, 0.2) is 24.3 Å². The smallest absolute Gasteiger partial charge is 0.328 e. The van der Waals surface area contributed by atoms with Crippen molar-refractivity contribution in [2.75, 3.05) is 13.7 Å². The lowest BCUT2D eigenvalue weighted by atomic mass is 10.1. The monoisotopic (exact) mass is 246 g/mol. The van der Waals surface area contributed by atoms with Crippen molar-refractivity contribution >= 4 is 12.0 Å². The second kappa shape index (κ2) is 7.15. The van der Waals surface area contributed by atoms with E-state index in [1.54, 1.807) is 18.2 Å². The largest absolute Gasteiger partial charge is 0.496 e. The van der Waals surface area contributed by atoms with E-state index in [1.165, 1.54) is 13.2 Å². The van der Waals surface area contributed by atoms with E-state index in [0.717, 1.165) is 11.6 Å². The predicted octanol–water partition coefficient (Wildman–Crippen LogP) is 1.53. The van der Waals surface area contributed by atoms with Gasteiger partial charge in [0.15, 0.2) is 0 Å². The Bertz CT molecular complexity index is 506. The summed E-state index contributed by atoms with van der Waals surface area (Å²) in [7, 11) is 1.52. The number of ether oxygens (including phenoxy) is 1. The summed E-state index contributed by atoms with van der Waals surface area (Å²) in [5, 5.41) is 17.2. The van der Waals surface area contributed by atoms with E-state index in [0.29, 0.717) is 17.7 Å². The molecule has 0 saturated carbocycles. The normalized spacial score (nSPS) is 9.89. The standard InChI is InChI=1S/C14H14O4/c1-18-13-7-5-11(4-2-3-9-15)10-12(13)6-8-14(16)17/h5-8,10,15H,3,9H2,1H3,(H,16,17)/b8-6+. The zero-order chi connectivity index (χ0) is 13.4. The van der Waals surface area contributed by atoms with Gasteiger partial charge >= 0.3 is 5.97 Å². The van der Waals surface area contributed by atoms with Crippen LogP contribution < -0.4 is 4.74 Å². The summed E-state index contributed by atoms with van der Waals surface area (Å²) < 4.78 is 5.13. The van der Waals surface area contributed by atoms with E-state index in [4.69, 9.17) is 14.9 Å². The van der Waals surface area contributed by atoms with Crippen LogP contribution in [0.3, 0.4) is 0 Å². The van der Waals surface area contributed by atoms with Gasteiger partial charge in [0.1, 0.15) is 5.75 Å². The summed E-state index contributed by atoms with van der Waals surface area (Å²) in [6, 6.07) is 5.24. The second-order valence-electron chi connectivity index (χ2n) is 3.40. The third-order valence-corrected chi connectivity index (χ3v) is 2.10. The van der Waals surface area contributed by atoms with E-state index in [1.807, 2.05) is 0 Å². The summed E-state index contributed by atoms with van der Waals surface area (Å²) in [6.45, 7) is 0.0227. The van der Waals surface area contributed by atoms with Crippen LogP contribution in [0.25, 0.3) is 6.08 Å².